The molecule has 0 bridgehead atoms. The van der Waals surface area contributed by atoms with Crippen molar-refractivity contribution in [1.29, 1.82) is 0 Å². The van der Waals surface area contributed by atoms with E-state index in [0.29, 0.717) is 12.0 Å². The Kier molecular flexibility index (Phi) is 6.27. The second kappa shape index (κ2) is 7.81. The Morgan fingerprint density at radius 3 is 2.70 bits per heavy atom. The van der Waals surface area contributed by atoms with Crippen molar-refractivity contribution in [1.82, 2.24) is 25.0 Å². The number of halogens is 1. The van der Waals surface area contributed by atoms with Crippen LogP contribution < -0.4 is 5.32 Å². The van der Waals surface area contributed by atoms with Gasteiger partial charge in [0, 0.05) is 33.1 Å². The molecule has 1 aromatic rings. The van der Waals surface area contributed by atoms with Gasteiger partial charge in [0.15, 0.2) is 11.8 Å². The van der Waals surface area contributed by atoms with Gasteiger partial charge in [-0.05, 0) is 31.1 Å². The lowest BCUT2D eigenvalue weighted by molar-refractivity contribution is 0.276. The lowest BCUT2D eigenvalue weighted by Gasteiger charge is -2.27. The fourth-order valence-electron chi connectivity index (χ4n) is 3.77. The van der Waals surface area contributed by atoms with Crippen molar-refractivity contribution >= 4 is 29.9 Å². The SMILES string of the molecule is CCC1(CC)CCN(C(=NC)NCc2nnc3n2CCC3)C1.I. The largest absolute Gasteiger partial charge is 0.349 e. The number of nitrogens with zero attached hydrogens (tertiary/aromatic N) is 5. The fraction of sp³-hybridized carbons (Fsp3) is 0.812. The second-order valence-corrected chi connectivity index (χ2v) is 6.57. The van der Waals surface area contributed by atoms with E-state index in [1.54, 1.807) is 0 Å². The minimum atomic E-state index is 0. The average Bonchev–Trinajstić information content (AvgIpc) is 3.24. The summed E-state index contributed by atoms with van der Waals surface area (Å²) in [4.78, 5) is 6.87. The van der Waals surface area contributed by atoms with E-state index in [-0.39, 0.29) is 24.0 Å². The minimum absolute atomic E-state index is 0. The van der Waals surface area contributed by atoms with Crippen molar-refractivity contribution in [3.05, 3.63) is 11.6 Å². The molecule has 6 nitrogen and oxygen atoms in total. The Labute approximate surface area is 156 Å². The van der Waals surface area contributed by atoms with Gasteiger partial charge in [-0.15, -0.1) is 34.2 Å². The number of likely N-dealkylation sites (tertiary alicyclic amines) is 1. The molecule has 3 rings (SSSR count). The first kappa shape index (κ1) is 18.5. The molecule has 0 saturated carbocycles. The van der Waals surface area contributed by atoms with Gasteiger partial charge in [-0.2, -0.15) is 0 Å². The van der Waals surface area contributed by atoms with Crippen LogP contribution in [0, 0.1) is 5.41 Å². The summed E-state index contributed by atoms with van der Waals surface area (Å²) in [5.41, 5.74) is 0.466. The van der Waals surface area contributed by atoms with E-state index in [1.807, 2.05) is 7.05 Å². The molecule has 1 saturated heterocycles. The highest BCUT2D eigenvalue weighted by molar-refractivity contribution is 14.0. The molecule has 1 N–H and O–H groups in total. The molecule has 0 spiro atoms. The number of hydrogen-bond acceptors (Lipinski definition) is 3. The molecule has 2 aliphatic heterocycles. The second-order valence-electron chi connectivity index (χ2n) is 6.57. The zero-order valence-corrected chi connectivity index (χ0v) is 16.8. The standard InChI is InChI=1S/C16H28N6.HI/c1-4-16(5-2)8-10-21(12-16)15(17-3)18-11-14-20-19-13-7-6-9-22(13)14;/h4-12H2,1-3H3,(H,17,18);1H. The van der Waals surface area contributed by atoms with Crippen molar-refractivity contribution in [2.75, 3.05) is 20.1 Å². The van der Waals surface area contributed by atoms with Gasteiger partial charge in [0.2, 0.25) is 0 Å². The maximum absolute atomic E-state index is 4.47. The average molecular weight is 432 g/mol. The van der Waals surface area contributed by atoms with Gasteiger partial charge in [-0.3, -0.25) is 4.99 Å². The number of aromatic nitrogens is 3. The van der Waals surface area contributed by atoms with Crippen molar-refractivity contribution in [3.8, 4) is 0 Å². The summed E-state index contributed by atoms with van der Waals surface area (Å²) in [6, 6.07) is 0. The molecule has 3 heterocycles. The van der Waals surface area contributed by atoms with Crippen LogP contribution in [0.1, 0.15) is 51.2 Å². The van der Waals surface area contributed by atoms with E-state index >= 15 is 0 Å². The first-order valence-corrected chi connectivity index (χ1v) is 8.58. The van der Waals surface area contributed by atoms with Crippen molar-refractivity contribution < 1.29 is 0 Å². The molecule has 0 radical (unpaired) electrons. The molecular formula is C16H29IN6. The summed E-state index contributed by atoms with van der Waals surface area (Å²) in [5, 5.41) is 12.1. The molecule has 0 amide bonds. The van der Waals surface area contributed by atoms with Crippen molar-refractivity contribution in [2.24, 2.45) is 10.4 Å². The third kappa shape index (κ3) is 3.64. The Balaban J connectivity index is 0.00000192. The van der Waals surface area contributed by atoms with Crippen LogP contribution in [0.5, 0.6) is 0 Å². The Hall–Kier alpha value is -0.860. The van der Waals surface area contributed by atoms with Crippen LogP contribution in [-0.2, 0) is 19.5 Å². The van der Waals surface area contributed by atoms with Crippen LogP contribution >= 0.6 is 24.0 Å². The number of fused-ring (bicyclic) bond motifs is 1. The van der Waals surface area contributed by atoms with Crippen LogP contribution in [0.15, 0.2) is 4.99 Å². The highest BCUT2D eigenvalue weighted by Gasteiger charge is 2.36. The summed E-state index contributed by atoms with van der Waals surface area (Å²) in [6.07, 6.45) is 6.00. The third-order valence-electron chi connectivity index (χ3n) is 5.54. The summed E-state index contributed by atoms with van der Waals surface area (Å²) in [7, 11) is 1.87. The van der Waals surface area contributed by atoms with Crippen LogP contribution in [-0.4, -0.2) is 45.8 Å². The van der Waals surface area contributed by atoms with Crippen molar-refractivity contribution in [2.45, 2.75) is 59.0 Å². The summed E-state index contributed by atoms with van der Waals surface area (Å²) in [5.74, 6) is 3.16. The molecule has 2 aliphatic rings. The van der Waals surface area contributed by atoms with Gasteiger partial charge < -0.3 is 14.8 Å². The van der Waals surface area contributed by atoms with Gasteiger partial charge in [-0.25, -0.2) is 0 Å². The van der Waals surface area contributed by atoms with E-state index in [0.717, 1.165) is 43.7 Å². The molecule has 1 aromatic heterocycles. The maximum atomic E-state index is 4.47. The molecule has 23 heavy (non-hydrogen) atoms. The lowest BCUT2D eigenvalue weighted by atomic mass is 9.82. The van der Waals surface area contributed by atoms with E-state index in [2.05, 4.69) is 43.8 Å². The molecule has 0 aliphatic carbocycles. The number of rotatable bonds is 4. The highest BCUT2D eigenvalue weighted by Crippen LogP contribution is 2.36. The predicted octanol–water partition coefficient (Wildman–Crippen LogP) is 2.43. The molecular weight excluding hydrogens is 403 g/mol. The first-order valence-electron chi connectivity index (χ1n) is 8.58. The predicted molar refractivity (Wildman–Crippen MR) is 103 cm³/mol. The molecule has 0 aromatic carbocycles. The molecule has 0 unspecified atom stereocenters. The zero-order chi connectivity index (χ0) is 15.6. The Morgan fingerprint density at radius 1 is 1.26 bits per heavy atom. The first-order chi connectivity index (χ1) is 10.7. The number of hydrogen-bond donors (Lipinski definition) is 1. The zero-order valence-electron chi connectivity index (χ0n) is 14.5. The summed E-state index contributed by atoms with van der Waals surface area (Å²) >= 11 is 0. The van der Waals surface area contributed by atoms with Crippen LogP contribution in [0.3, 0.4) is 0 Å². The van der Waals surface area contributed by atoms with Crippen LogP contribution in [0.25, 0.3) is 0 Å². The summed E-state index contributed by atoms with van der Waals surface area (Å²) in [6.45, 7) is 8.58. The Bertz CT molecular complexity index is 549. The number of aliphatic imine (C=N–C) groups is 1. The van der Waals surface area contributed by atoms with Crippen LogP contribution in [0.2, 0.25) is 0 Å². The number of nitrogens with one attached hydrogen (secondary N) is 1. The van der Waals surface area contributed by atoms with E-state index < -0.39 is 0 Å². The van der Waals surface area contributed by atoms with Gasteiger partial charge >= 0.3 is 0 Å². The minimum Gasteiger partial charge on any atom is -0.349 e. The normalized spacial score (nSPS) is 19.6. The maximum Gasteiger partial charge on any atom is 0.194 e. The fourth-order valence-corrected chi connectivity index (χ4v) is 3.77. The van der Waals surface area contributed by atoms with Gasteiger partial charge in [0.05, 0.1) is 6.54 Å². The molecule has 130 valence electrons. The van der Waals surface area contributed by atoms with Gasteiger partial charge in [0.25, 0.3) is 0 Å². The number of guanidine groups is 1. The van der Waals surface area contributed by atoms with Crippen molar-refractivity contribution in [3.63, 3.8) is 0 Å². The smallest absolute Gasteiger partial charge is 0.194 e. The highest BCUT2D eigenvalue weighted by atomic mass is 127. The van der Waals surface area contributed by atoms with E-state index in [4.69, 9.17) is 0 Å². The molecule has 0 atom stereocenters. The Morgan fingerprint density at radius 2 is 2.04 bits per heavy atom. The van der Waals surface area contributed by atoms with E-state index in [1.165, 1.54) is 25.7 Å². The van der Waals surface area contributed by atoms with Gasteiger partial charge in [-0.1, -0.05) is 13.8 Å². The monoisotopic (exact) mass is 432 g/mol. The quantitative estimate of drug-likeness (QED) is 0.451. The lowest BCUT2D eigenvalue weighted by Crippen LogP contribution is -2.41. The van der Waals surface area contributed by atoms with E-state index in [9.17, 15) is 0 Å². The third-order valence-corrected chi connectivity index (χ3v) is 5.54. The topological polar surface area (TPSA) is 58.3 Å². The summed E-state index contributed by atoms with van der Waals surface area (Å²) < 4.78 is 2.24. The van der Waals surface area contributed by atoms with Crippen LogP contribution in [0.4, 0.5) is 0 Å². The molecule has 1 fully saturated rings. The number of aryl methyl sites for hydroxylation is 1. The molecule has 7 heteroatoms. The van der Waals surface area contributed by atoms with Gasteiger partial charge in [0.1, 0.15) is 5.82 Å².